The Bertz CT molecular complexity index is 520. The van der Waals surface area contributed by atoms with Gasteiger partial charge in [0.25, 0.3) is 0 Å². The highest BCUT2D eigenvalue weighted by atomic mass is 19.4. The molecule has 2 N–H and O–H groups in total. The van der Waals surface area contributed by atoms with Gasteiger partial charge in [-0.2, -0.15) is 13.2 Å². The van der Waals surface area contributed by atoms with Crippen molar-refractivity contribution in [2.45, 2.75) is 25.7 Å². The second kappa shape index (κ2) is 5.44. The van der Waals surface area contributed by atoms with E-state index in [9.17, 15) is 13.2 Å². The van der Waals surface area contributed by atoms with Gasteiger partial charge < -0.3 is 10.3 Å². The molecule has 1 atom stereocenters. The Balaban J connectivity index is 2.04. The van der Waals surface area contributed by atoms with E-state index in [0.29, 0.717) is 12.1 Å². The van der Waals surface area contributed by atoms with Gasteiger partial charge in [0.1, 0.15) is 0 Å². The molecule has 0 saturated carbocycles. The summed E-state index contributed by atoms with van der Waals surface area (Å²) in [5.74, 6) is 0. The smallest absolute Gasteiger partial charge is 0.347 e. The van der Waals surface area contributed by atoms with Crippen molar-refractivity contribution in [3.05, 3.63) is 53.6 Å². The summed E-state index contributed by atoms with van der Waals surface area (Å²) in [6.07, 6.45) is -1.07. The van der Waals surface area contributed by atoms with Crippen LogP contribution in [0.5, 0.6) is 0 Å². The van der Waals surface area contributed by atoms with E-state index in [4.69, 9.17) is 0 Å². The molecule has 2 aromatic rings. The fourth-order valence-corrected chi connectivity index (χ4v) is 1.75. The number of hydrogen-bond donors (Lipinski definition) is 2. The zero-order valence-corrected chi connectivity index (χ0v) is 10.3. The third-order valence-corrected chi connectivity index (χ3v) is 2.87. The van der Waals surface area contributed by atoms with E-state index in [1.165, 1.54) is 12.1 Å². The highest BCUT2D eigenvalue weighted by Crippen LogP contribution is 2.30. The highest BCUT2D eigenvalue weighted by molar-refractivity contribution is 5.27. The maximum Gasteiger partial charge on any atom is 0.416 e. The van der Waals surface area contributed by atoms with E-state index in [2.05, 4.69) is 15.3 Å². The van der Waals surface area contributed by atoms with Crippen molar-refractivity contribution < 1.29 is 13.2 Å². The fraction of sp³-hybridized carbons (Fsp3) is 0.308. The van der Waals surface area contributed by atoms with Crippen LogP contribution in [-0.4, -0.2) is 9.97 Å². The number of H-pyrrole nitrogens is 1. The Morgan fingerprint density at radius 2 is 2.16 bits per heavy atom. The van der Waals surface area contributed by atoms with Crippen molar-refractivity contribution in [2.24, 2.45) is 0 Å². The molecule has 0 aliphatic heterocycles. The van der Waals surface area contributed by atoms with Crippen LogP contribution in [0.1, 0.15) is 29.8 Å². The van der Waals surface area contributed by atoms with Crippen LogP contribution in [0.15, 0.2) is 36.8 Å². The molecule has 0 amide bonds. The number of halogens is 3. The van der Waals surface area contributed by atoms with Gasteiger partial charge >= 0.3 is 6.18 Å². The largest absolute Gasteiger partial charge is 0.416 e. The Kier molecular flexibility index (Phi) is 3.90. The molecule has 0 bridgehead atoms. The summed E-state index contributed by atoms with van der Waals surface area (Å²) in [5, 5.41) is 3.14. The summed E-state index contributed by atoms with van der Waals surface area (Å²) in [4.78, 5) is 6.80. The molecule has 1 aromatic heterocycles. The monoisotopic (exact) mass is 269 g/mol. The van der Waals surface area contributed by atoms with Gasteiger partial charge in [-0.05, 0) is 24.6 Å². The Hall–Kier alpha value is -1.82. The summed E-state index contributed by atoms with van der Waals surface area (Å²) in [6, 6.07) is 5.17. The summed E-state index contributed by atoms with van der Waals surface area (Å²) in [7, 11) is 0. The summed E-state index contributed by atoms with van der Waals surface area (Å²) in [6.45, 7) is 2.35. The molecule has 1 unspecified atom stereocenters. The third-order valence-electron chi connectivity index (χ3n) is 2.87. The van der Waals surface area contributed by atoms with Crippen LogP contribution in [0, 0.1) is 0 Å². The molecular formula is C13H14F3N3. The molecule has 0 saturated heterocycles. The molecule has 0 radical (unpaired) electrons. The van der Waals surface area contributed by atoms with Gasteiger partial charge in [-0.3, -0.25) is 0 Å². The summed E-state index contributed by atoms with van der Waals surface area (Å²) >= 11 is 0. The van der Waals surface area contributed by atoms with Crippen molar-refractivity contribution in [2.75, 3.05) is 0 Å². The molecule has 19 heavy (non-hydrogen) atoms. The fourth-order valence-electron chi connectivity index (χ4n) is 1.75. The van der Waals surface area contributed by atoms with Gasteiger partial charge in [0.05, 0.1) is 11.9 Å². The number of hydrogen-bond acceptors (Lipinski definition) is 2. The molecule has 1 aromatic carbocycles. The maximum atomic E-state index is 12.6. The standard InChI is InChI=1S/C13H14F3N3/c1-9(18-7-12-6-17-8-19-12)10-3-2-4-11(5-10)13(14,15)16/h2-6,8-9,18H,7H2,1H3,(H,17,19). The number of aromatic nitrogens is 2. The van der Waals surface area contributed by atoms with Crippen molar-refractivity contribution in [1.29, 1.82) is 0 Å². The first kappa shape index (κ1) is 13.6. The van der Waals surface area contributed by atoms with Gasteiger partial charge in [-0.25, -0.2) is 4.98 Å². The molecule has 0 aliphatic rings. The van der Waals surface area contributed by atoms with Crippen LogP contribution in [-0.2, 0) is 12.7 Å². The topological polar surface area (TPSA) is 40.7 Å². The highest BCUT2D eigenvalue weighted by Gasteiger charge is 2.30. The number of nitrogens with zero attached hydrogens (tertiary/aromatic N) is 1. The number of benzene rings is 1. The van der Waals surface area contributed by atoms with Crippen molar-refractivity contribution in [3.8, 4) is 0 Å². The quantitative estimate of drug-likeness (QED) is 0.894. The average molecular weight is 269 g/mol. The van der Waals surface area contributed by atoms with Gasteiger partial charge in [0.15, 0.2) is 0 Å². The number of imidazole rings is 1. The molecule has 0 aliphatic carbocycles. The predicted octanol–water partition coefficient (Wildman–Crippen LogP) is 3.28. The number of alkyl halides is 3. The van der Waals surface area contributed by atoms with Gasteiger partial charge in [0.2, 0.25) is 0 Å². The van der Waals surface area contributed by atoms with Crippen LogP contribution in [0.4, 0.5) is 13.2 Å². The van der Waals surface area contributed by atoms with E-state index in [1.54, 1.807) is 18.6 Å². The van der Waals surface area contributed by atoms with E-state index in [0.717, 1.165) is 11.8 Å². The Morgan fingerprint density at radius 3 is 2.79 bits per heavy atom. The van der Waals surface area contributed by atoms with Crippen LogP contribution < -0.4 is 5.32 Å². The number of rotatable bonds is 4. The SMILES string of the molecule is CC(NCc1cnc[nH]1)c1cccc(C(F)(F)F)c1. The predicted molar refractivity (Wildman–Crippen MR) is 65.3 cm³/mol. The van der Waals surface area contributed by atoms with Crippen molar-refractivity contribution in [1.82, 2.24) is 15.3 Å². The molecule has 6 heteroatoms. The lowest BCUT2D eigenvalue weighted by Gasteiger charge is -2.15. The normalized spacial score (nSPS) is 13.5. The molecule has 3 nitrogen and oxygen atoms in total. The van der Waals surface area contributed by atoms with E-state index in [-0.39, 0.29) is 6.04 Å². The molecule has 0 fully saturated rings. The molecule has 0 spiro atoms. The Labute approximate surface area is 108 Å². The van der Waals surface area contributed by atoms with E-state index in [1.807, 2.05) is 6.92 Å². The van der Waals surface area contributed by atoms with Gasteiger partial charge in [-0.15, -0.1) is 0 Å². The van der Waals surface area contributed by atoms with E-state index < -0.39 is 11.7 Å². The first-order valence-corrected chi connectivity index (χ1v) is 5.84. The first-order valence-electron chi connectivity index (χ1n) is 5.84. The number of aromatic amines is 1. The second-order valence-electron chi connectivity index (χ2n) is 4.30. The minimum atomic E-state index is -4.31. The minimum absolute atomic E-state index is 0.175. The molecule has 102 valence electrons. The van der Waals surface area contributed by atoms with Crippen LogP contribution in [0.25, 0.3) is 0 Å². The Morgan fingerprint density at radius 1 is 1.37 bits per heavy atom. The third kappa shape index (κ3) is 3.57. The van der Waals surface area contributed by atoms with Crippen LogP contribution in [0.3, 0.4) is 0 Å². The molecule has 2 rings (SSSR count). The van der Waals surface area contributed by atoms with Gasteiger partial charge in [0, 0.05) is 24.5 Å². The second-order valence-corrected chi connectivity index (χ2v) is 4.30. The maximum absolute atomic E-state index is 12.6. The minimum Gasteiger partial charge on any atom is -0.347 e. The lowest BCUT2D eigenvalue weighted by molar-refractivity contribution is -0.137. The number of nitrogens with one attached hydrogen (secondary N) is 2. The van der Waals surface area contributed by atoms with E-state index >= 15 is 0 Å². The summed E-state index contributed by atoms with van der Waals surface area (Å²) < 4.78 is 37.8. The summed E-state index contributed by atoms with van der Waals surface area (Å²) in [5.41, 5.74) is 0.869. The average Bonchev–Trinajstić information content (AvgIpc) is 2.88. The van der Waals surface area contributed by atoms with Gasteiger partial charge in [-0.1, -0.05) is 12.1 Å². The van der Waals surface area contributed by atoms with Crippen LogP contribution >= 0.6 is 0 Å². The molecular weight excluding hydrogens is 255 g/mol. The van der Waals surface area contributed by atoms with Crippen molar-refractivity contribution >= 4 is 0 Å². The lowest BCUT2D eigenvalue weighted by Crippen LogP contribution is -2.19. The molecule has 1 heterocycles. The zero-order valence-electron chi connectivity index (χ0n) is 10.3. The lowest BCUT2D eigenvalue weighted by atomic mass is 10.0. The first-order chi connectivity index (χ1) is 8.97. The van der Waals surface area contributed by atoms with Crippen molar-refractivity contribution in [3.63, 3.8) is 0 Å². The van der Waals surface area contributed by atoms with Crippen LogP contribution in [0.2, 0.25) is 0 Å². The zero-order chi connectivity index (χ0) is 13.9.